The number of nitrogens with one attached hydrogen (secondary N) is 2. The molecule has 1 aromatic heterocycles. The number of sulfone groups is 1. The zero-order valence-electron chi connectivity index (χ0n) is 14.6. The van der Waals surface area contributed by atoms with Gasteiger partial charge in [0, 0.05) is 32.7 Å². The predicted molar refractivity (Wildman–Crippen MR) is 93.9 cm³/mol. The summed E-state index contributed by atoms with van der Waals surface area (Å²) in [5.74, 6) is 2.63. The highest BCUT2D eigenvalue weighted by Crippen LogP contribution is 2.08. The van der Waals surface area contributed by atoms with Crippen molar-refractivity contribution in [1.82, 2.24) is 20.5 Å². The van der Waals surface area contributed by atoms with Crippen molar-refractivity contribution in [3.8, 4) is 0 Å². The van der Waals surface area contributed by atoms with Gasteiger partial charge in [-0.3, -0.25) is 4.90 Å². The number of aromatic nitrogens is 1. The molecule has 24 heavy (non-hydrogen) atoms. The molecule has 0 aromatic carbocycles. The monoisotopic (exact) mass is 357 g/mol. The molecule has 1 fully saturated rings. The van der Waals surface area contributed by atoms with Gasteiger partial charge in [0.25, 0.3) is 0 Å². The van der Waals surface area contributed by atoms with Crippen LogP contribution in [0.5, 0.6) is 0 Å². The lowest BCUT2D eigenvalue weighted by atomic mass is 10.4. The van der Waals surface area contributed by atoms with Crippen molar-refractivity contribution in [3.63, 3.8) is 0 Å². The average molecular weight is 357 g/mol. The molecule has 0 spiro atoms. The van der Waals surface area contributed by atoms with E-state index in [2.05, 4.69) is 25.5 Å². The number of oxazole rings is 1. The molecular formula is C15H27N5O3S. The predicted octanol–water partition coefficient (Wildman–Crippen LogP) is 0.0769. The molecule has 136 valence electrons. The summed E-state index contributed by atoms with van der Waals surface area (Å²) >= 11 is 0. The van der Waals surface area contributed by atoms with Crippen molar-refractivity contribution >= 4 is 15.8 Å². The molecule has 0 unspecified atom stereocenters. The van der Waals surface area contributed by atoms with Crippen molar-refractivity contribution in [2.45, 2.75) is 27.3 Å². The third-order valence-electron chi connectivity index (χ3n) is 3.95. The van der Waals surface area contributed by atoms with E-state index in [0.717, 1.165) is 24.5 Å². The molecule has 1 aliphatic heterocycles. The standard InChI is InChI=1S/C15H27N5O3S/c1-4-16-15(18-11-14-19-12(2)13(3)23-14)17-5-6-20-7-9-24(21,22)10-8-20/h4-11H2,1-3H3,(H2,16,17,18). The van der Waals surface area contributed by atoms with E-state index in [1.807, 2.05) is 20.8 Å². The lowest BCUT2D eigenvalue weighted by Crippen LogP contribution is -2.45. The summed E-state index contributed by atoms with van der Waals surface area (Å²) < 4.78 is 28.4. The second kappa shape index (κ2) is 8.48. The van der Waals surface area contributed by atoms with Gasteiger partial charge in [-0.2, -0.15) is 0 Å². The minimum Gasteiger partial charge on any atom is -0.444 e. The van der Waals surface area contributed by atoms with Gasteiger partial charge in [-0.05, 0) is 20.8 Å². The van der Waals surface area contributed by atoms with Crippen LogP contribution in [0.2, 0.25) is 0 Å². The summed E-state index contributed by atoms with van der Waals surface area (Å²) in [5.41, 5.74) is 0.887. The minimum absolute atomic E-state index is 0.254. The van der Waals surface area contributed by atoms with E-state index in [0.29, 0.717) is 38.0 Å². The fraction of sp³-hybridized carbons (Fsp3) is 0.733. The number of nitrogens with zero attached hydrogens (tertiary/aromatic N) is 3. The van der Waals surface area contributed by atoms with Crippen molar-refractivity contribution < 1.29 is 12.8 Å². The van der Waals surface area contributed by atoms with Crippen LogP contribution in [0.4, 0.5) is 0 Å². The normalized spacial score (nSPS) is 18.5. The Hall–Kier alpha value is -1.61. The third kappa shape index (κ3) is 5.79. The third-order valence-corrected chi connectivity index (χ3v) is 5.56. The van der Waals surface area contributed by atoms with Gasteiger partial charge in [0.15, 0.2) is 15.8 Å². The number of guanidine groups is 1. The van der Waals surface area contributed by atoms with Crippen LogP contribution >= 0.6 is 0 Å². The van der Waals surface area contributed by atoms with E-state index in [1.54, 1.807) is 0 Å². The van der Waals surface area contributed by atoms with Crippen molar-refractivity contribution in [2.75, 3.05) is 44.2 Å². The molecule has 8 nitrogen and oxygen atoms in total. The highest BCUT2D eigenvalue weighted by Gasteiger charge is 2.20. The number of aryl methyl sites for hydroxylation is 2. The summed E-state index contributed by atoms with van der Waals surface area (Å²) in [6.45, 7) is 9.65. The summed E-state index contributed by atoms with van der Waals surface area (Å²) in [5, 5.41) is 6.44. The van der Waals surface area contributed by atoms with Crippen molar-refractivity contribution in [3.05, 3.63) is 17.3 Å². The molecule has 1 aliphatic rings. The molecule has 2 rings (SSSR count). The summed E-state index contributed by atoms with van der Waals surface area (Å²) in [6, 6.07) is 0. The first-order chi connectivity index (χ1) is 11.4. The van der Waals surface area contributed by atoms with Gasteiger partial charge in [-0.25, -0.2) is 18.4 Å². The lowest BCUT2D eigenvalue weighted by molar-refractivity contribution is 0.299. The van der Waals surface area contributed by atoms with Crippen LogP contribution in [-0.4, -0.2) is 68.5 Å². The van der Waals surface area contributed by atoms with Crippen molar-refractivity contribution in [1.29, 1.82) is 0 Å². The maximum Gasteiger partial charge on any atom is 0.216 e. The van der Waals surface area contributed by atoms with Crippen LogP contribution < -0.4 is 10.6 Å². The number of rotatable bonds is 6. The second-order valence-corrected chi connectivity index (χ2v) is 8.17. The van der Waals surface area contributed by atoms with Gasteiger partial charge >= 0.3 is 0 Å². The van der Waals surface area contributed by atoms with Crippen LogP contribution in [-0.2, 0) is 16.4 Å². The number of hydrogen-bond acceptors (Lipinski definition) is 6. The average Bonchev–Trinajstić information content (AvgIpc) is 2.85. The summed E-state index contributed by atoms with van der Waals surface area (Å²) in [7, 11) is -2.82. The molecule has 0 radical (unpaired) electrons. The molecule has 1 saturated heterocycles. The van der Waals surface area contributed by atoms with E-state index in [9.17, 15) is 8.42 Å². The van der Waals surface area contributed by atoms with E-state index < -0.39 is 9.84 Å². The van der Waals surface area contributed by atoms with Gasteiger partial charge in [0.1, 0.15) is 12.3 Å². The van der Waals surface area contributed by atoms with Gasteiger partial charge < -0.3 is 15.1 Å². The topological polar surface area (TPSA) is 99.8 Å². The first-order valence-corrected chi connectivity index (χ1v) is 10.1. The van der Waals surface area contributed by atoms with Gasteiger partial charge in [-0.15, -0.1) is 0 Å². The fourth-order valence-electron chi connectivity index (χ4n) is 2.40. The molecule has 1 aromatic rings. The zero-order chi connectivity index (χ0) is 17.6. The Morgan fingerprint density at radius 3 is 2.58 bits per heavy atom. The zero-order valence-corrected chi connectivity index (χ0v) is 15.4. The molecule has 0 amide bonds. The fourth-order valence-corrected chi connectivity index (χ4v) is 3.68. The molecule has 2 heterocycles. The highest BCUT2D eigenvalue weighted by molar-refractivity contribution is 7.91. The first-order valence-electron chi connectivity index (χ1n) is 8.27. The van der Waals surface area contributed by atoms with Gasteiger partial charge in [0.05, 0.1) is 17.2 Å². The van der Waals surface area contributed by atoms with Crippen LogP contribution in [0.15, 0.2) is 9.41 Å². The lowest BCUT2D eigenvalue weighted by Gasteiger charge is -2.26. The number of hydrogen-bond donors (Lipinski definition) is 2. The second-order valence-electron chi connectivity index (χ2n) is 5.86. The van der Waals surface area contributed by atoms with Crippen LogP contribution in [0.1, 0.15) is 24.3 Å². The maximum atomic E-state index is 11.4. The Morgan fingerprint density at radius 1 is 1.29 bits per heavy atom. The molecule has 2 N–H and O–H groups in total. The van der Waals surface area contributed by atoms with Gasteiger partial charge in [0.2, 0.25) is 5.89 Å². The van der Waals surface area contributed by atoms with E-state index in [4.69, 9.17) is 4.42 Å². The Labute approximate surface area is 143 Å². The molecular weight excluding hydrogens is 330 g/mol. The molecule has 0 saturated carbocycles. The van der Waals surface area contributed by atoms with Crippen molar-refractivity contribution in [2.24, 2.45) is 4.99 Å². The van der Waals surface area contributed by atoms with E-state index in [-0.39, 0.29) is 11.5 Å². The largest absolute Gasteiger partial charge is 0.444 e. The Morgan fingerprint density at radius 2 is 2.00 bits per heavy atom. The quantitative estimate of drug-likeness (QED) is 0.549. The SMILES string of the molecule is CCNC(=NCc1nc(C)c(C)o1)NCCN1CCS(=O)(=O)CC1. The van der Waals surface area contributed by atoms with Gasteiger partial charge in [-0.1, -0.05) is 0 Å². The summed E-state index contributed by atoms with van der Waals surface area (Å²) in [6.07, 6.45) is 0. The smallest absolute Gasteiger partial charge is 0.216 e. The number of aliphatic imine (C=N–C) groups is 1. The molecule has 0 aliphatic carbocycles. The van der Waals surface area contributed by atoms with E-state index >= 15 is 0 Å². The van der Waals surface area contributed by atoms with Crippen LogP contribution in [0.3, 0.4) is 0 Å². The van der Waals surface area contributed by atoms with Crippen LogP contribution in [0.25, 0.3) is 0 Å². The minimum atomic E-state index is -2.82. The highest BCUT2D eigenvalue weighted by atomic mass is 32.2. The Kier molecular flexibility index (Phi) is 6.61. The first kappa shape index (κ1) is 18.7. The Bertz CT molecular complexity index is 635. The maximum absolute atomic E-state index is 11.4. The van der Waals surface area contributed by atoms with Crippen LogP contribution in [0, 0.1) is 13.8 Å². The Balaban J connectivity index is 1.79. The van der Waals surface area contributed by atoms with E-state index in [1.165, 1.54) is 0 Å². The molecule has 9 heteroatoms. The molecule has 0 atom stereocenters. The molecule has 0 bridgehead atoms. The summed E-state index contributed by atoms with van der Waals surface area (Å²) in [4.78, 5) is 10.9.